The minimum Gasteiger partial charge on any atom is -0.316 e. The normalized spacial score (nSPS) is 19.1. The molecule has 2 aromatic heterocycles. The molecule has 1 saturated heterocycles. The molecule has 112 valence electrons. The van der Waals surface area contributed by atoms with Gasteiger partial charge in [-0.25, -0.2) is 0 Å². The maximum atomic E-state index is 4.60. The predicted molar refractivity (Wildman–Crippen MR) is 82.9 cm³/mol. The van der Waals surface area contributed by atoms with Crippen LogP contribution < -0.4 is 5.32 Å². The van der Waals surface area contributed by atoms with Gasteiger partial charge in [0.25, 0.3) is 0 Å². The third-order valence-electron chi connectivity index (χ3n) is 4.06. The van der Waals surface area contributed by atoms with Crippen LogP contribution in [-0.2, 0) is 6.42 Å². The lowest BCUT2D eigenvalue weighted by Crippen LogP contribution is -2.31. The van der Waals surface area contributed by atoms with Crippen LogP contribution in [0.5, 0.6) is 0 Å². The van der Waals surface area contributed by atoms with Crippen molar-refractivity contribution in [3.05, 3.63) is 30.4 Å². The Hall–Kier alpha value is -1.75. The van der Waals surface area contributed by atoms with Crippen molar-refractivity contribution in [2.24, 2.45) is 5.92 Å². The summed E-state index contributed by atoms with van der Waals surface area (Å²) >= 11 is 0. The smallest absolute Gasteiger partial charge is 0.110 e. The fraction of sp³-hybridized carbons (Fsp3) is 0.562. The van der Waals surface area contributed by atoms with Crippen molar-refractivity contribution < 1.29 is 0 Å². The Kier molecular flexibility index (Phi) is 4.29. The second-order valence-corrected chi connectivity index (χ2v) is 6.02. The summed E-state index contributed by atoms with van der Waals surface area (Å²) in [5.41, 5.74) is 3.14. The van der Waals surface area contributed by atoms with Gasteiger partial charge in [-0.3, -0.25) is 14.6 Å². The molecule has 0 aliphatic carbocycles. The first kappa shape index (κ1) is 14.2. The molecular formula is C16H23N5. The summed E-state index contributed by atoms with van der Waals surface area (Å²) in [7, 11) is 0. The van der Waals surface area contributed by atoms with Gasteiger partial charge in [0.2, 0.25) is 0 Å². The van der Waals surface area contributed by atoms with E-state index in [1.807, 2.05) is 16.9 Å². The highest BCUT2D eigenvalue weighted by Gasteiger charge is 2.19. The second kappa shape index (κ2) is 6.35. The zero-order valence-electron chi connectivity index (χ0n) is 12.8. The predicted octanol–water partition coefficient (Wildman–Crippen LogP) is 2.46. The SMILES string of the molecule is CC(C)n1nccc1-c1nccnc1C[C@@H]1CCCNC1. The monoisotopic (exact) mass is 285 g/mol. The van der Waals surface area contributed by atoms with E-state index in [2.05, 4.69) is 34.2 Å². The van der Waals surface area contributed by atoms with Gasteiger partial charge < -0.3 is 5.32 Å². The number of hydrogen-bond acceptors (Lipinski definition) is 4. The molecule has 1 fully saturated rings. The number of nitrogens with zero attached hydrogens (tertiary/aromatic N) is 4. The van der Waals surface area contributed by atoms with Crippen LogP contribution in [0.15, 0.2) is 24.7 Å². The van der Waals surface area contributed by atoms with Crippen LogP contribution in [0.3, 0.4) is 0 Å². The maximum absolute atomic E-state index is 4.60. The first-order valence-corrected chi connectivity index (χ1v) is 7.80. The summed E-state index contributed by atoms with van der Waals surface area (Å²) in [5.74, 6) is 0.657. The second-order valence-electron chi connectivity index (χ2n) is 6.02. The molecule has 21 heavy (non-hydrogen) atoms. The first-order valence-electron chi connectivity index (χ1n) is 7.80. The Balaban J connectivity index is 1.90. The Labute approximate surface area is 125 Å². The molecule has 1 aliphatic heterocycles. The molecule has 0 aromatic carbocycles. The molecule has 0 bridgehead atoms. The lowest BCUT2D eigenvalue weighted by molar-refractivity contribution is 0.373. The van der Waals surface area contributed by atoms with Gasteiger partial charge in [0.1, 0.15) is 5.69 Å². The van der Waals surface area contributed by atoms with Crippen LogP contribution in [0.4, 0.5) is 0 Å². The quantitative estimate of drug-likeness (QED) is 0.937. The number of nitrogens with one attached hydrogen (secondary N) is 1. The highest BCUT2D eigenvalue weighted by Crippen LogP contribution is 2.25. The van der Waals surface area contributed by atoms with Crippen LogP contribution in [0.1, 0.15) is 38.4 Å². The molecule has 1 atom stereocenters. The van der Waals surface area contributed by atoms with E-state index in [1.54, 1.807) is 12.4 Å². The Morgan fingerprint density at radius 1 is 1.29 bits per heavy atom. The molecule has 3 rings (SSSR count). The van der Waals surface area contributed by atoms with E-state index >= 15 is 0 Å². The van der Waals surface area contributed by atoms with Crippen molar-refractivity contribution >= 4 is 0 Å². The van der Waals surface area contributed by atoms with Crippen molar-refractivity contribution in [2.75, 3.05) is 13.1 Å². The Bertz CT molecular complexity index is 584. The van der Waals surface area contributed by atoms with E-state index in [0.717, 1.165) is 36.6 Å². The van der Waals surface area contributed by atoms with Crippen molar-refractivity contribution in [3.63, 3.8) is 0 Å². The average molecular weight is 285 g/mol. The first-order chi connectivity index (χ1) is 10.3. The van der Waals surface area contributed by atoms with Gasteiger partial charge in [-0.2, -0.15) is 5.10 Å². The fourth-order valence-electron chi connectivity index (χ4n) is 3.02. The number of hydrogen-bond donors (Lipinski definition) is 1. The molecule has 0 saturated carbocycles. The van der Waals surface area contributed by atoms with E-state index in [0.29, 0.717) is 12.0 Å². The molecule has 5 heteroatoms. The number of aromatic nitrogens is 4. The van der Waals surface area contributed by atoms with Gasteiger partial charge in [-0.1, -0.05) is 0 Å². The zero-order chi connectivity index (χ0) is 14.7. The lowest BCUT2D eigenvalue weighted by atomic mass is 9.93. The molecular weight excluding hydrogens is 262 g/mol. The number of rotatable bonds is 4. The molecule has 5 nitrogen and oxygen atoms in total. The van der Waals surface area contributed by atoms with Crippen molar-refractivity contribution in [1.82, 2.24) is 25.1 Å². The van der Waals surface area contributed by atoms with E-state index in [1.165, 1.54) is 12.8 Å². The van der Waals surface area contributed by atoms with Crippen LogP contribution in [0.25, 0.3) is 11.4 Å². The maximum Gasteiger partial charge on any atom is 0.110 e. The fourth-order valence-corrected chi connectivity index (χ4v) is 3.02. The number of piperidine rings is 1. The summed E-state index contributed by atoms with van der Waals surface area (Å²) in [6, 6.07) is 2.35. The summed E-state index contributed by atoms with van der Waals surface area (Å²) < 4.78 is 2.02. The van der Waals surface area contributed by atoms with Gasteiger partial charge in [0, 0.05) is 24.6 Å². The summed E-state index contributed by atoms with van der Waals surface area (Å²) in [6.45, 7) is 6.50. The van der Waals surface area contributed by atoms with Crippen molar-refractivity contribution in [2.45, 2.75) is 39.2 Å². The molecule has 0 spiro atoms. The van der Waals surface area contributed by atoms with Crippen molar-refractivity contribution in [1.29, 1.82) is 0 Å². The highest BCUT2D eigenvalue weighted by molar-refractivity contribution is 5.57. The largest absolute Gasteiger partial charge is 0.316 e. The molecule has 0 radical (unpaired) electrons. The van der Waals surface area contributed by atoms with E-state index < -0.39 is 0 Å². The standard InChI is InChI=1S/C16H23N5/c1-12(2)21-15(5-7-20-21)16-14(18-8-9-19-16)10-13-4-3-6-17-11-13/h5,7-9,12-13,17H,3-4,6,10-11H2,1-2H3/t13-/m0/s1. The highest BCUT2D eigenvalue weighted by atomic mass is 15.3. The Morgan fingerprint density at radius 3 is 2.90 bits per heavy atom. The van der Waals surface area contributed by atoms with Crippen LogP contribution in [-0.4, -0.2) is 32.8 Å². The summed E-state index contributed by atoms with van der Waals surface area (Å²) in [6.07, 6.45) is 8.92. The molecule has 3 heterocycles. The van der Waals surface area contributed by atoms with E-state index in [-0.39, 0.29) is 0 Å². The molecule has 0 unspecified atom stereocenters. The third kappa shape index (κ3) is 3.13. The zero-order valence-corrected chi connectivity index (χ0v) is 12.8. The molecule has 1 aliphatic rings. The molecule has 1 N–H and O–H groups in total. The molecule has 2 aromatic rings. The van der Waals surface area contributed by atoms with Crippen LogP contribution >= 0.6 is 0 Å². The van der Waals surface area contributed by atoms with E-state index in [9.17, 15) is 0 Å². The van der Waals surface area contributed by atoms with Gasteiger partial charge in [0.05, 0.1) is 11.4 Å². The van der Waals surface area contributed by atoms with Gasteiger partial charge in [0.15, 0.2) is 0 Å². The summed E-state index contributed by atoms with van der Waals surface area (Å²) in [5, 5.41) is 7.89. The van der Waals surface area contributed by atoms with Crippen molar-refractivity contribution in [3.8, 4) is 11.4 Å². The van der Waals surface area contributed by atoms with Crippen LogP contribution in [0.2, 0.25) is 0 Å². The summed E-state index contributed by atoms with van der Waals surface area (Å²) in [4.78, 5) is 9.18. The Morgan fingerprint density at radius 2 is 2.14 bits per heavy atom. The van der Waals surface area contributed by atoms with Gasteiger partial charge >= 0.3 is 0 Å². The minimum atomic E-state index is 0.321. The van der Waals surface area contributed by atoms with E-state index in [4.69, 9.17) is 0 Å². The minimum absolute atomic E-state index is 0.321. The molecule has 0 amide bonds. The van der Waals surface area contributed by atoms with Gasteiger partial charge in [-0.05, 0) is 58.2 Å². The van der Waals surface area contributed by atoms with Crippen LogP contribution in [0, 0.1) is 5.92 Å². The lowest BCUT2D eigenvalue weighted by Gasteiger charge is -2.23. The topological polar surface area (TPSA) is 55.6 Å². The van der Waals surface area contributed by atoms with Gasteiger partial charge in [-0.15, -0.1) is 0 Å². The third-order valence-corrected chi connectivity index (χ3v) is 4.06. The average Bonchev–Trinajstić information content (AvgIpc) is 2.98.